The molecule has 4 heteroatoms. The number of thiophene rings is 1. The first kappa shape index (κ1) is 15.4. The summed E-state index contributed by atoms with van der Waals surface area (Å²) in [6.45, 7) is 4.52. The lowest BCUT2D eigenvalue weighted by Gasteiger charge is -2.45. The molecule has 1 N–H and O–H groups in total. The minimum absolute atomic E-state index is 0.433. The third-order valence-electron chi connectivity index (χ3n) is 5.72. The van der Waals surface area contributed by atoms with E-state index in [4.69, 9.17) is 4.74 Å². The molecule has 1 saturated heterocycles. The molecule has 5 unspecified atom stereocenters. The van der Waals surface area contributed by atoms with E-state index in [1.807, 2.05) is 11.3 Å². The minimum Gasteiger partial charge on any atom is -0.368 e. The minimum atomic E-state index is -0.899. The van der Waals surface area contributed by atoms with Gasteiger partial charge >= 0.3 is 0 Å². The fraction of sp³-hybridized carbons (Fsp3) is 0.500. The van der Waals surface area contributed by atoms with Gasteiger partial charge in [-0.3, -0.25) is 4.72 Å². The van der Waals surface area contributed by atoms with Crippen molar-refractivity contribution in [2.75, 3.05) is 12.5 Å². The van der Waals surface area contributed by atoms with Gasteiger partial charge in [0.1, 0.15) is 0 Å². The molecule has 2 fully saturated rings. The standard InChI is InChI=1S/C20H25NOS2/c1-11(2)21-24(3,4)20-13-9-10-15-16(17(13)18-19(20)22-18)12-7-5-6-8-14(12)23-15/h5-11,13,17-21H,1-4H3. The van der Waals surface area contributed by atoms with Crippen LogP contribution in [-0.2, 0) is 4.74 Å². The van der Waals surface area contributed by atoms with E-state index in [2.05, 4.69) is 67.5 Å². The van der Waals surface area contributed by atoms with Crippen molar-refractivity contribution in [3.8, 4) is 0 Å². The van der Waals surface area contributed by atoms with Gasteiger partial charge in [0.15, 0.2) is 0 Å². The average molecular weight is 360 g/mol. The predicted molar refractivity (Wildman–Crippen MR) is 107 cm³/mol. The molecule has 1 aromatic carbocycles. The van der Waals surface area contributed by atoms with Gasteiger partial charge in [-0.2, -0.15) is 10.2 Å². The summed E-state index contributed by atoms with van der Waals surface area (Å²) in [6.07, 6.45) is 10.7. The number of fused-ring (bicyclic) bond motifs is 7. The number of epoxide rings is 1. The number of benzene rings is 1. The number of rotatable bonds is 3. The molecule has 0 bridgehead atoms. The van der Waals surface area contributed by atoms with E-state index in [0.717, 1.165) is 0 Å². The van der Waals surface area contributed by atoms with Crippen LogP contribution in [0.1, 0.15) is 30.2 Å². The van der Waals surface area contributed by atoms with Crippen LogP contribution in [0.3, 0.4) is 0 Å². The highest BCUT2D eigenvalue weighted by Crippen LogP contribution is 2.66. The highest BCUT2D eigenvalue weighted by molar-refractivity contribution is 8.31. The number of hydrogen-bond acceptors (Lipinski definition) is 3. The maximum absolute atomic E-state index is 6.23. The highest BCUT2D eigenvalue weighted by Gasteiger charge is 2.65. The molecular weight excluding hydrogens is 334 g/mol. The molecule has 2 heterocycles. The summed E-state index contributed by atoms with van der Waals surface area (Å²) in [5, 5.41) is 2.08. The van der Waals surface area contributed by atoms with E-state index in [1.165, 1.54) is 15.0 Å². The second-order valence-electron chi connectivity index (χ2n) is 8.05. The van der Waals surface area contributed by atoms with Crippen molar-refractivity contribution in [1.29, 1.82) is 0 Å². The van der Waals surface area contributed by atoms with Crippen LogP contribution in [0.5, 0.6) is 0 Å². The van der Waals surface area contributed by atoms with Crippen molar-refractivity contribution in [2.24, 2.45) is 5.92 Å². The molecule has 2 aliphatic carbocycles. The van der Waals surface area contributed by atoms with Crippen LogP contribution in [-0.4, -0.2) is 36.0 Å². The Morgan fingerprint density at radius 2 is 1.96 bits per heavy atom. The van der Waals surface area contributed by atoms with Gasteiger partial charge in [-0.15, -0.1) is 11.3 Å². The molecule has 24 heavy (non-hydrogen) atoms. The Bertz CT molecular complexity index is 837. The molecule has 2 aromatic rings. The fourth-order valence-electron chi connectivity index (χ4n) is 5.08. The van der Waals surface area contributed by atoms with Crippen LogP contribution in [0, 0.1) is 5.92 Å². The molecule has 3 aliphatic rings. The predicted octanol–water partition coefficient (Wildman–Crippen LogP) is 4.75. The SMILES string of the molecule is CC(C)NS(C)(C)C1C2C=Cc3sc4ccccc4c3C2C2OC21. The van der Waals surface area contributed by atoms with E-state index in [0.29, 0.717) is 35.3 Å². The fourth-order valence-corrected chi connectivity index (χ4v) is 9.56. The van der Waals surface area contributed by atoms with Gasteiger partial charge < -0.3 is 4.74 Å². The molecule has 0 spiro atoms. The largest absolute Gasteiger partial charge is 0.368 e. The summed E-state index contributed by atoms with van der Waals surface area (Å²) < 4.78 is 11.5. The van der Waals surface area contributed by atoms with Crippen molar-refractivity contribution >= 4 is 37.7 Å². The summed E-state index contributed by atoms with van der Waals surface area (Å²) in [4.78, 5) is 1.46. The van der Waals surface area contributed by atoms with Gasteiger partial charge in [-0.1, -0.05) is 24.3 Å². The summed E-state index contributed by atoms with van der Waals surface area (Å²) in [5.74, 6) is 1.17. The number of ether oxygens (including phenoxy) is 1. The smallest absolute Gasteiger partial charge is 0.0969 e. The van der Waals surface area contributed by atoms with Crippen LogP contribution < -0.4 is 4.72 Å². The second kappa shape index (κ2) is 5.10. The molecule has 0 amide bonds. The molecule has 2 nitrogen and oxygen atoms in total. The Hall–Kier alpha value is -0.810. The first-order chi connectivity index (χ1) is 11.5. The lowest BCUT2D eigenvalue weighted by atomic mass is 9.82. The first-order valence-electron chi connectivity index (χ1n) is 8.82. The summed E-state index contributed by atoms with van der Waals surface area (Å²) in [5.41, 5.74) is 1.57. The summed E-state index contributed by atoms with van der Waals surface area (Å²) >= 11 is 1.94. The van der Waals surface area contributed by atoms with Gasteiger partial charge in [0.05, 0.1) is 12.2 Å². The molecule has 0 radical (unpaired) electrons. The molecule has 5 rings (SSSR count). The van der Waals surface area contributed by atoms with Gasteiger partial charge in [-0.05, 0) is 49.5 Å². The van der Waals surface area contributed by atoms with Gasteiger partial charge in [0, 0.05) is 32.7 Å². The van der Waals surface area contributed by atoms with Crippen LogP contribution in [0.2, 0.25) is 0 Å². The normalized spacial score (nSPS) is 34.3. The van der Waals surface area contributed by atoms with Crippen LogP contribution in [0.4, 0.5) is 0 Å². The maximum atomic E-state index is 6.23. The van der Waals surface area contributed by atoms with E-state index < -0.39 is 10.2 Å². The monoisotopic (exact) mass is 359 g/mol. The summed E-state index contributed by atoms with van der Waals surface area (Å²) in [7, 11) is -0.899. The van der Waals surface area contributed by atoms with Crippen LogP contribution in [0.25, 0.3) is 16.2 Å². The van der Waals surface area contributed by atoms with Crippen molar-refractivity contribution < 1.29 is 4.74 Å². The van der Waals surface area contributed by atoms with Crippen molar-refractivity contribution in [3.63, 3.8) is 0 Å². The van der Waals surface area contributed by atoms with Gasteiger partial charge in [0.25, 0.3) is 0 Å². The van der Waals surface area contributed by atoms with Gasteiger partial charge in [-0.25, -0.2) is 0 Å². The molecular formula is C20H25NOS2. The number of nitrogens with one attached hydrogen (secondary N) is 1. The highest BCUT2D eigenvalue weighted by atomic mass is 32.3. The zero-order valence-electron chi connectivity index (χ0n) is 14.7. The zero-order chi connectivity index (χ0) is 16.6. The van der Waals surface area contributed by atoms with E-state index >= 15 is 0 Å². The van der Waals surface area contributed by atoms with E-state index in [-0.39, 0.29) is 0 Å². The Morgan fingerprint density at radius 3 is 2.75 bits per heavy atom. The molecule has 5 atom stereocenters. The lowest BCUT2D eigenvalue weighted by Crippen LogP contribution is -2.39. The lowest BCUT2D eigenvalue weighted by molar-refractivity contribution is 0.274. The van der Waals surface area contributed by atoms with Crippen molar-refractivity contribution in [3.05, 3.63) is 40.8 Å². The second-order valence-corrected chi connectivity index (χ2v) is 12.7. The third kappa shape index (κ3) is 2.10. The van der Waals surface area contributed by atoms with Crippen LogP contribution >= 0.6 is 21.6 Å². The molecule has 1 aliphatic heterocycles. The molecule has 1 aromatic heterocycles. The number of hydrogen-bond donors (Lipinski definition) is 1. The quantitative estimate of drug-likeness (QED) is 0.800. The van der Waals surface area contributed by atoms with E-state index in [1.54, 1.807) is 5.56 Å². The Kier molecular flexibility index (Phi) is 3.28. The summed E-state index contributed by atoms with van der Waals surface area (Å²) in [6, 6.07) is 9.41. The zero-order valence-corrected chi connectivity index (χ0v) is 16.3. The van der Waals surface area contributed by atoms with Crippen molar-refractivity contribution in [1.82, 2.24) is 4.72 Å². The maximum Gasteiger partial charge on any atom is 0.0969 e. The Balaban J connectivity index is 1.59. The first-order valence-corrected chi connectivity index (χ1v) is 12.1. The Labute approximate surface area is 149 Å². The average Bonchev–Trinajstić information content (AvgIpc) is 3.06. The third-order valence-corrected chi connectivity index (χ3v) is 9.89. The Morgan fingerprint density at radius 1 is 1.17 bits per heavy atom. The molecule has 1 saturated carbocycles. The topological polar surface area (TPSA) is 24.6 Å². The number of allylic oxidation sites excluding steroid dienone is 1. The van der Waals surface area contributed by atoms with Gasteiger partial charge in [0.2, 0.25) is 0 Å². The van der Waals surface area contributed by atoms with E-state index in [9.17, 15) is 0 Å². The molecule has 128 valence electrons. The van der Waals surface area contributed by atoms with Crippen LogP contribution in [0.15, 0.2) is 30.3 Å². The van der Waals surface area contributed by atoms with Crippen molar-refractivity contribution in [2.45, 2.75) is 43.3 Å².